The number of fused-ring (bicyclic) bond motifs is 4. The zero-order chi connectivity index (χ0) is 15.3. The summed E-state index contributed by atoms with van der Waals surface area (Å²) in [6.07, 6.45) is 4.57. The third-order valence-electron chi connectivity index (χ3n) is 5.76. The molecule has 1 fully saturated rings. The van der Waals surface area contributed by atoms with E-state index in [9.17, 15) is 5.11 Å². The van der Waals surface area contributed by atoms with Gasteiger partial charge in [0.25, 0.3) is 0 Å². The van der Waals surface area contributed by atoms with E-state index in [1.165, 1.54) is 24.0 Å². The van der Waals surface area contributed by atoms with Crippen LogP contribution in [0.15, 0.2) is 18.2 Å². The second-order valence-electron chi connectivity index (χ2n) is 7.57. The molecule has 0 aromatic heterocycles. The van der Waals surface area contributed by atoms with Crippen LogP contribution in [0.1, 0.15) is 37.3 Å². The van der Waals surface area contributed by atoms with Crippen LogP contribution in [-0.2, 0) is 16.6 Å². The maximum Gasteiger partial charge on any atom is 0.115 e. The summed E-state index contributed by atoms with van der Waals surface area (Å²) in [5.74, 6) is 0.393. The summed E-state index contributed by atoms with van der Waals surface area (Å²) in [5, 5.41) is 9.87. The van der Waals surface area contributed by atoms with Crippen LogP contribution in [0.25, 0.3) is 0 Å². The van der Waals surface area contributed by atoms with Gasteiger partial charge in [-0.1, -0.05) is 13.0 Å². The number of phenolic OH excluding ortho intramolecular Hbond substituents is 1. The van der Waals surface area contributed by atoms with Gasteiger partial charge in [-0.3, -0.25) is 0 Å². The Morgan fingerprint density at radius 2 is 2.14 bits per heavy atom. The number of aromatic hydroxyl groups is 1. The first-order valence-electron chi connectivity index (χ1n) is 7.88. The summed E-state index contributed by atoms with van der Waals surface area (Å²) in [6.45, 7) is 3.17. The molecule has 21 heavy (non-hydrogen) atoms. The largest absolute Gasteiger partial charge is 0.508 e. The molecule has 0 spiro atoms. The van der Waals surface area contributed by atoms with Gasteiger partial charge < -0.3 is 14.7 Å². The zero-order valence-corrected chi connectivity index (χ0v) is 13.6. The van der Waals surface area contributed by atoms with Crippen LogP contribution >= 0.6 is 0 Å². The Bertz CT molecular complexity index is 542. The van der Waals surface area contributed by atoms with Crippen molar-refractivity contribution < 1.29 is 9.84 Å². The van der Waals surface area contributed by atoms with Gasteiger partial charge in [-0.2, -0.15) is 0 Å². The van der Waals surface area contributed by atoms with E-state index in [1.54, 1.807) is 0 Å². The average Bonchev–Trinajstić information content (AvgIpc) is 2.39. The minimum Gasteiger partial charge on any atom is -0.508 e. The van der Waals surface area contributed by atoms with Crippen LogP contribution in [0.2, 0.25) is 0 Å². The smallest absolute Gasteiger partial charge is 0.115 e. The van der Waals surface area contributed by atoms with Crippen molar-refractivity contribution in [1.82, 2.24) is 4.90 Å². The lowest BCUT2D eigenvalue weighted by atomic mass is 9.52. The van der Waals surface area contributed by atoms with Crippen LogP contribution in [-0.4, -0.2) is 43.9 Å². The molecule has 3 nitrogen and oxygen atoms in total. The Hall–Kier alpha value is -1.06. The molecule has 3 rings (SSSR count). The molecule has 0 unspecified atom stereocenters. The number of nitrogens with zero attached hydrogens (tertiary/aromatic N) is 1. The van der Waals surface area contributed by atoms with Crippen LogP contribution in [0.3, 0.4) is 0 Å². The van der Waals surface area contributed by atoms with E-state index in [2.05, 4.69) is 32.0 Å². The number of rotatable bonds is 3. The number of hydrogen-bond acceptors (Lipinski definition) is 3. The molecular formula is C18H27NO2. The van der Waals surface area contributed by atoms with Gasteiger partial charge in [0.2, 0.25) is 0 Å². The SMILES string of the molecule is COC[C@@]12Cc3ccc(O)cc3[C@@](C)(CC[C@@H]1N(C)C)C2. The highest BCUT2D eigenvalue weighted by Gasteiger charge is 2.53. The molecule has 0 heterocycles. The number of hydrogen-bond donors (Lipinski definition) is 1. The molecule has 1 aromatic carbocycles. The van der Waals surface area contributed by atoms with Crippen LogP contribution in [0.4, 0.5) is 0 Å². The fourth-order valence-electron chi connectivity index (χ4n) is 5.11. The van der Waals surface area contributed by atoms with Crippen molar-refractivity contribution in [1.29, 1.82) is 0 Å². The molecule has 1 aromatic rings. The highest BCUT2D eigenvalue weighted by atomic mass is 16.5. The minimum atomic E-state index is 0.164. The average molecular weight is 289 g/mol. The van der Waals surface area contributed by atoms with Crippen molar-refractivity contribution >= 4 is 0 Å². The lowest BCUT2D eigenvalue weighted by molar-refractivity contribution is -0.0467. The third-order valence-corrected chi connectivity index (χ3v) is 5.76. The zero-order valence-electron chi connectivity index (χ0n) is 13.6. The second kappa shape index (κ2) is 4.99. The van der Waals surface area contributed by atoms with E-state index in [-0.39, 0.29) is 10.8 Å². The predicted octanol–water partition coefficient (Wildman–Crippen LogP) is 2.95. The summed E-state index contributed by atoms with van der Waals surface area (Å²) in [7, 11) is 6.20. The molecule has 2 bridgehead atoms. The van der Waals surface area contributed by atoms with Gasteiger partial charge in [0.1, 0.15) is 5.75 Å². The fourth-order valence-corrected chi connectivity index (χ4v) is 5.11. The molecule has 0 radical (unpaired) electrons. The lowest BCUT2D eigenvalue weighted by Crippen LogP contribution is -2.58. The molecule has 0 aliphatic heterocycles. The van der Waals surface area contributed by atoms with Crippen molar-refractivity contribution in [3.05, 3.63) is 29.3 Å². The molecule has 0 amide bonds. The molecule has 1 saturated carbocycles. The molecule has 3 atom stereocenters. The number of benzene rings is 1. The van der Waals surface area contributed by atoms with Crippen molar-refractivity contribution in [2.45, 2.75) is 44.1 Å². The maximum atomic E-state index is 9.87. The molecule has 3 heteroatoms. The predicted molar refractivity (Wildman–Crippen MR) is 84.8 cm³/mol. The highest BCUT2D eigenvalue weighted by molar-refractivity contribution is 5.44. The van der Waals surface area contributed by atoms with Gasteiger partial charge in [0.05, 0.1) is 6.61 Å². The van der Waals surface area contributed by atoms with Gasteiger partial charge in [-0.05, 0) is 68.5 Å². The molecule has 2 aliphatic rings. The Kier molecular flexibility index (Phi) is 3.53. The summed E-state index contributed by atoms with van der Waals surface area (Å²) < 4.78 is 5.65. The van der Waals surface area contributed by atoms with Crippen LogP contribution in [0, 0.1) is 5.41 Å². The van der Waals surface area contributed by atoms with Crippen LogP contribution < -0.4 is 0 Å². The molecule has 116 valence electrons. The second-order valence-corrected chi connectivity index (χ2v) is 7.57. The van der Waals surface area contributed by atoms with Crippen molar-refractivity contribution in [2.24, 2.45) is 5.41 Å². The highest BCUT2D eigenvalue weighted by Crippen LogP contribution is 2.56. The Morgan fingerprint density at radius 3 is 2.81 bits per heavy atom. The lowest BCUT2D eigenvalue weighted by Gasteiger charge is -2.57. The van der Waals surface area contributed by atoms with Crippen LogP contribution in [0.5, 0.6) is 5.75 Å². The minimum absolute atomic E-state index is 0.164. The van der Waals surface area contributed by atoms with Gasteiger partial charge in [0.15, 0.2) is 0 Å². The van der Waals surface area contributed by atoms with E-state index >= 15 is 0 Å². The fraction of sp³-hybridized carbons (Fsp3) is 0.667. The first-order valence-corrected chi connectivity index (χ1v) is 7.88. The number of phenols is 1. The standard InChI is InChI=1S/C18H27NO2/c1-17-8-7-16(19(2)3)18(11-17,12-21-4)10-13-5-6-14(20)9-15(13)17/h5-6,9,16,20H,7-8,10-12H2,1-4H3/t16-,17-,18-/m0/s1. The Labute approximate surface area is 127 Å². The summed E-state index contributed by atoms with van der Waals surface area (Å²) in [5.41, 5.74) is 3.10. The molecule has 0 saturated heterocycles. The van der Waals surface area contributed by atoms with E-state index in [1.807, 2.05) is 19.2 Å². The topological polar surface area (TPSA) is 32.7 Å². The van der Waals surface area contributed by atoms with Gasteiger partial charge in [-0.25, -0.2) is 0 Å². The van der Waals surface area contributed by atoms with Crippen molar-refractivity contribution in [3.8, 4) is 5.75 Å². The van der Waals surface area contributed by atoms with Crippen molar-refractivity contribution in [3.63, 3.8) is 0 Å². The van der Waals surface area contributed by atoms with E-state index < -0.39 is 0 Å². The number of methoxy groups -OCH3 is 1. The summed E-state index contributed by atoms with van der Waals surface area (Å²) in [6, 6.07) is 6.49. The number of ether oxygens (including phenoxy) is 1. The Balaban J connectivity index is 2.10. The van der Waals surface area contributed by atoms with Gasteiger partial charge in [-0.15, -0.1) is 0 Å². The van der Waals surface area contributed by atoms with E-state index in [0.717, 1.165) is 19.4 Å². The monoisotopic (exact) mass is 289 g/mol. The normalized spacial score (nSPS) is 34.8. The maximum absolute atomic E-state index is 9.87. The van der Waals surface area contributed by atoms with Gasteiger partial charge >= 0.3 is 0 Å². The summed E-state index contributed by atoms with van der Waals surface area (Å²) in [4.78, 5) is 2.38. The molecule has 2 aliphatic carbocycles. The Morgan fingerprint density at radius 1 is 1.38 bits per heavy atom. The van der Waals surface area contributed by atoms with E-state index in [4.69, 9.17) is 4.74 Å². The molecule has 1 N–H and O–H groups in total. The quantitative estimate of drug-likeness (QED) is 0.928. The molecular weight excluding hydrogens is 262 g/mol. The van der Waals surface area contributed by atoms with E-state index in [0.29, 0.717) is 11.8 Å². The van der Waals surface area contributed by atoms with Crippen molar-refractivity contribution in [2.75, 3.05) is 27.8 Å². The van der Waals surface area contributed by atoms with Gasteiger partial charge in [0, 0.05) is 18.6 Å². The first kappa shape index (κ1) is 14.9. The third kappa shape index (κ3) is 2.27. The first-order chi connectivity index (χ1) is 9.90. The summed E-state index contributed by atoms with van der Waals surface area (Å²) >= 11 is 0.